The van der Waals surface area contributed by atoms with Crippen LogP contribution in [0, 0.1) is 20.8 Å². The largest absolute Gasteiger partial charge is 0.416 e. The van der Waals surface area contributed by atoms with Gasteiger partial charge in [0.05, 0.1) is 17.3 Å². The lowest BCUT2D eigenvalue weighted by Gasteiger charge is -2.16. The van der Waals surface area contributed by atoms with Crippen molar-refractivity contribution in [3.63, 3.8) is 0 Å². The highest BCUT2D eigenvalue weighted by Gasteiger charge is 2.31. The van der Waals surface area contributed by atoms with E-state index in [2.05, 4.69) is 10.2 Å². The molecule has 0 saturated carbocycles. The van der Waals surface area contributed by atoms with Crippen LogP contribution in [0.4, 0.5) is 0 Å². The SMILES string of the molecule is Cc1nnc(SCC(=O)c2cc(C)n([C@H]3CCS(=O)(=O)C3)c2C)o1. The molecule has 3 rings (SSSR count). The van der Waals surface area contributed by atoms with Gasteiger partial charge in [0.15, 0.2) is 15.6 Å². The normalized spacial score (nSPS) is 19.7. The molecule has 0 aromatic carbocycles. The molecule has 0 spiro atoms. The van der Waals surface area contributed by atoms with E-state index in [0.717, 1.165) is 11.4 Å². The first-order valence-corrected chi connectivity index (χ1v) is 10.4. The summed E-state index contributed by atoms with van der Waals surface area (Å²) in [5, 5.41) is 7.96. The van der Waals surface area contributed by atoms with Gasteiger partial charge in [-0.3, -0.25) is 4.79 Å². The summed E-state index contributed by atoms with van der Waals surface area (Å²) in [6, 6.07) is 1.75. The Hall–Kier alpha value is -1.61. The highest BCUT2D eigenvalue weighted by Crippen LogP contribution is 2.30. The molecule has 0 bridgehead atoms. The monoisotopic (exact) mass is 369 g/mol. The number of aromatic nitrogens is 3. The van der Waals surface area contributed by atoms with Gasteiger partial charge in [0, 0.05) is 29.9 Å². The molecule has 130 valence electrons. The minimum atomic E-state index is -2.97. The van der Waals surface area contributed by atoms with Gasteiger partial charge in [0.2, 0.25) is 5.89 Å². The average Bonchev–Trinajstić information content (AvgIpc) is 3.15. The van der Waals surface area contributed by atoms with Crippen molar-refractivity contribution in [2.45, 2.75) is 38.5 Å². The molecule has 0 aliphatic carbocycles. The number of ketones is 1. The molecule has 0 radical (unpaired) electrons. The van der Waals surface area contributed by atoms with E-state index >= 15 is 0 Å². The number of nitrogens with zero attached hydrogens (tertiary/aromatic N) is 3. The maximum absolute atomic E-state index is 12.5. The van der Waals surface area contributed by atoms with Gasteiger partial charge in [-0.1, -0.05) is 11.8 Å². The molecule has 0 unspecified atom stereocenters. The van der Waals surface area contributed by atoms with Crippen LogP contribution >= 0.6 is 11.8 Å². The maximum atomic E-state index is 12.5. The molecule has 1 aliphatic rings. The van der Waals surface area contributed by atoms with E-state index in [-0.39, 0.29) is 29.1 Å². The van der Waals surface area contributed by atoms with Crippen LogP contribution in [0.15, 0.2) is 15.7 Å². The highest BCUT2D eigenvalue weighted by molar-refractivity contribution is 7.99. The number of Topliss-reactive ketones (excluding diaryl/α,β-unsaturated/α-hetero) is 1. The van der Waals surface area contributed by atoms with Gasteiger partial charge in [-0.15, -0.1) is 10.2 Å². The first kappa shape index (κ1) is 17.2. The van der Waals surface area contributed by atoms with E-state index in [4.69, 9.17) is 4.42 Å². The van der Waals surface area contributed by atoms with Crippen molar-refractivity contribution >= 4 is 27.4 Å². The van der Waals surface area contributed by atoms with Crippen LogP contribution < -0.4 is 0 Å². The quantitative estimate of drug-likeness (QED) is 0.588. The van der Waals surface area contributed by atoms with E-state index in [1.54, 1.807) is 6.92 Å². The average molecular weight is 369 g/mol. The second kappa shape index (κ2) is 6.36. The first-order valence-electron chi connectivity index (χ1n) is 7.62. The van der Waals surface area contributed by atoms with Crippen molar-refractivity contribution in [2.75, 3.05) is 17.3 Å². The molecule has 1 aliphatic heterocycles. The Morgan fingerprint density at radius 1 is 1.38 bits per heavy atom. The number of rotatable bonds is 5. The Kier molecular flexibility index (Phi) is 4.56. The minimum absolute atomic E-state index is 0.0314. The molecular weight excluding hydrogens is 350 g/mol. The number of carbonyl (C=O) groups is 1. The van der Waals surface area contributed by atoms with E-state index in [9.17, 15) is 13.2 Å². The summed E-state index contributed by atoms with van der Waals surface area (Å²) in [5.74, 6) is 0.994. The third-order valence-electron chi connectivity index (χ3n) is 4.19. The number of sulfone groups is 1. The van der Waals surface area contributed by atoms with Gasteiger partial charge >= 0.3 is 0 Å². The Bertz CT molecular complexity index is 883. The molecule has 0 N–H and O–H groups in total. The van der Waals surface area contributed by atoms with E-state index in [1.165, 1.54) is 11.8 Å². The van der Waals surface area contributed by atoms with Crippen molar-refractivity contribution in [2.24, 2.45) is 0 Å². The van der Waals surface area contributed by atoms with Crippen LogP contribution in [-0.2, 0) is 9.84 Å². The lowest BCUT2D eigenvalue weighted by Crippen LogP contribution is -2.14. The molecule has 1 atom stereocenters. The zero-order chi connectivity index (χ0) is 17.5. The van der Waals surface area contributed by atoms with Crippen LogP contribution in [0.2, 0.25) is 0 Å². The fourth-order valence-corrected chi connectivity index (χ4v) is 5.53. The topological polar surface area (TPSA) is 95.1 Å². The zero-order valence-electron chi connectivity index (χ0n) is 13.8. The summed E-state index contributed by atoms with van der Waals surface area (Å²) >= 11 is 1.21. The number of thioether (sulfide) groups is 1. The summed E-state index contributed by atoms with van der Waals surface area (Å²) in [7, 11) is -2.97. The molecule has 0 amide bonds. The van der Waals surface area contributed by atoms with Gasteiger partial charge in [-0.05, 0) is 26.3 Å². The number of carbonyl (C=O) groups excluding carboxylic acids is 1. The van der Waals surface area contributed by atoms with Gasteiger partial charge in [0.25, 0.3) is 5.22 Å². The lowest BCUT2D eigenvalue weighted by atomic mass is 10.2. The number of hydrogen-bond donors (Lipinski definition) is 0. The predicted octanol–water partition coefficient (Wildman–Crippen LogP) is 2.13. The van der Waals surface area contributed by atoms with Crippen LogP contribution in [0.1, 0.15) is 40.1 Å². The summed E-state index contributed by atoms with van der Waals surface area (Å²) in [6.07, 6.45) is 0.600. The van der Waals surface area contributed by atoms with Crippen molar-refractivity contribution in [1.29, 1.82) is 0 Å². The smallest absolute Gasteiger partial charge is 0.277 e. The molecule has 9 heteroatoms. The second-order valence-electron chi connectivity index (χ2n) is 6.01. The fraction of sp³-hybridized carbons (Fsp3) is 0.533. The minimum Gasteiger partial charge on any atom is -0.416 e. The molecule has 24 heavy (non-hydrogen) atoms. The van der Waals surface area contributed by atoms with Gasteiger partial charge in [-0.25, -0.2) is 8.42 Å². The Labute approximate surface area is 144 Å². The maximum Gasteiger partial charge on any atom is 0.277 e. The standard InChI is InChI=1S/C15H19N3O4S2/c1-9-6-13(14(19)7-23-15-17-16-11(3)22-15)10(2)18(9)12-4-5-24(20,21)8-12/h6,12H,4-5,7-8H2,1-3H3/t12-/m0/s1. The summed E-state index contributed by atoms with van der Waals surface area (Å²) in [5.41, 5.74) is 2.36. The van der Waals surface area contributed by atoms with Crippen molar-refractivity contribution in [3.8, 4) is 0 Å². The molecule has 1 fully saturated rings. The van der Waals surface area contributed by atoms with Crippen molar-refractivity contribution in [1.82, 2.24) is 14.8 Å². The number of hydrogen-bond acceptors (Lipinski definition) is 7. The van der Waals surface area contributed by atoms with Crippen LogP contribution in [0.3, 0.4) is 0 Å². The number of aryl methyl sites for hydroxylation is 2. The van der Waals surface area contributed by atoms with E-state index in [0.29, 0.717) is 23.1 Å². The van der Waals surface area contributed by atoms with E-state index in [1.807, 2.05) is 24.5 Å². The van der Waals surface area contributed by atoms with Crippen LogP contribution in [0.5, 0.6) is 0 Å². The fourth-order valence-electron chi connectivity index (χ4n) is 3.14. The molecule has 1 saturated heterocycles. The summed E-state index contributed by atoms with van der Waals surface area (Å²) in [6.45, 7) is 5.47. The zero-order valence-corrected chi connectivity index (χ0v) is 15.4. The molecule has 2 aromatic rings. The molecule has 2 aromatic heterocycles. The van der Waals surface area contributed by atoms with Gasteiger partial charge in [0.1, 0.15) is 0 Å². The Balaban J connectivity index is 1.77. The highest BCUT2D eigenvalue weighted by atomic mass is 32.2. The van der Waals surface area contributed by atoms with Crippen LogP contribution in [0.25, 0.3) is 0 Å². The van der Waals surface area contributed by atoms with Gasteiger partial charge < -0.3 is 8.98 Å². The van der Waals surface area contributed by atoms with Gasteiger partial charge in [-0.2, -0.15) is 0 Å². The second-order valence-corrected chi connectivity index (χ2v) is 9.17. The molecule has 7 nitrogen and oxygen atoms in total. The predicted molar refractivity (Wildman–Crippen MR) is 90.3 cm³/mol. The van der Waals surface area contributed by atoms with Crippen LogP contribution in [-0.4, -0.2) is 46.2 Å². The van der Waals surface area contributed by atoms with Crippen molar-refractivity contribution in [3.05, 3.63) is 28.9 Å². The molecule has 3 heterocycles. The molecular formula is C15H19N3O4S2. The summed E-state index contributed by atoms with van der Waals surface area (Å²) < 4.78 is 30.7. The Morgan fingerprint density at radius 2 is 2.12 bits per heavy atom. The third-order valence-corrected chi connectivity index (χ3v) is 6.76. The Morgan fingerprint density at radius 3 is 2.71 bits per heavy atom. The van der Waals surface area contributed by atoms with E-state index < -0.39 is 9.84 Å². The summed E-state index contributed by atoms with van der Waals surface area (Å²) in [4.78, 5) is 12.5. The lowest BCUT2D eigenvalue weighted by molar-refractivity contribution is 0.102. The van der Waals surface area contributed by atoms with Crippen molar-refractivity contribution < 1.29 is 17.6 Å². The first-order chi connectivity index (χ1) is 11.3. The third kappa shape index (κ3) is 3.41.